The van der Waals surface area contributed by atoms with Gasteiger partial charge in [-0.2, -0.15) is 13.2 Å². The quantitative estimate of drug-likeness (QED) is 0.167. The van der Waals surface area contributed by atoms with E-state index >= 15 is 0 Å². The van der Waals surface area contributed by atoms with E-state index in [0.717, 1.165) is 28.8 Å². The molecule has 4 rings (SSSR count). The molecule has 0 aliphatic rings. The average molecular weight is 464 g/mol. The van der Waals surface area contributed by atoms with Crippen LogP contribution in [0.3, 0.4) is 0 Å². The van der Waals surface area contributed by atoms with Gasteiger partial charge in [0.15, 0.2) is 0 Å². The van der Waals surface area contributed by atoms with Crippen LogP contribution in [0, 0.1) is 0 Å². The van der Waals surface area contributed by atoms with Gasteiger partial charge in [0.25, 0.3) is 0 Å². The van der Waals surface area contributed by atoms with Crippen LogP contribution in [0.2, 0.25) is 0 Å². The first-order valence-electron chi connectivity index (χ1n) is 9.65. The smallest absolute Gasteiger partial charge is 0.418 e. The molecule has 0 saturated heterocycles. The molecule has 1 nitrogen and oxygen atoms in total. The van der Waals surface area contributed by atoms with Crippen molar-refractivity contribution in [3.05, 3.63) is 103 Å². The van der Waals surface area contributed by atoms with Crippen LogP contribution >= 0.6 is 0 Å². The molecule has 0 N–H and O–H groups in total. The summed E-state index contributed by atoms with van der Waals surface area (Å²) in [6.45, 7) is 0. The van der Waals surface area contributed by atoms with Crippen molar-refractivity contribution in [1.29, 1.82) is 0 Å². The highest BCUT2D eigenvalue weighted by Gasteiger charge is 2.30. The molecule has 0 aliphatic carbocycles. The summed E-state index contributed by atoms with van der Waals surface area (Å²) in [6.07, 6.45) is -4.35. The van der Waals surface area contributed by atoms with Gasteiger partial charge < -0.3 is 17.3 Å². The van der Waals surface area contributed by atoms with E-state index in [1.165, 1.54) is 12.1 Å². The fourth-order valence-corrected chi connectivity index (χ4v) is 3.01. The number of halogens is 7. The topological polar surface area (TPSA) is 11.3 Å². The van der Waals surface area contributed by atoms with Crippen LogP contribution in [-0.4, -0.2) is 7.25 Å². The lowest BCUT2D eigenvalue weighted by atomic mass is 10.0. The lowest BCUT2D eigenvalue weighted by Gasteiger charge is -2.07. The zero-order valence-corrected chi connectivity index (χ0v) is 16.9. The van der Waals surface area contributed by atoms with Crippen LogP contribution < -0.4 is 0 Å². The summed E-state index contributed by atoms with van der Waals surface area (Å²) in [4.78, 5) is 0. The van der Waals surface area contributed by atoms with Crippen LogP contribution in [-0.2, 0) is 6.18 Å². The summed E-state index contributed by atoms with van der Waals surface area (Å²) in [5.41, 5.74) is 2.61. The van der Waals surface area contributed by atoms with E-state index in [2.05, 4.69) is 0 Å². The summed E-state index contributed by atoms with van der Waals surface area (Å²) in [5.74, 6) is 1.30. The van der Waals surface area contributed by atoms with Crippen molar-refractivity contribution in [3.63, 3.8) is 0 Å². The summed E-state index contributed by atoms with van der Waals surface area (Å²) in [6, 6.07) is 28.1. The maximum Gasteiger partial charge on any atom is 0.673 e. The van der Waals surface area contributed by atoms with Crippen LogP contribution in [0.25, 0.3) is 33.8 Å². The summed E-state index contributed by atoms with van der Waals surface area (Å²) < 4.78 is 83.7. The zero-order valence-electron chi connectivity index (χ0n) is 16.9. The van der Waals surface area contributed by atoms with Gasteiger partial charge in [0.1, 0.15) is 0 Å². The number of hydrogen-bond acceptors (Lipinski definition) is 0. The normalized spacial score (nSPS) is 11.5. The number of alkyl halides is 3. The molecule has 0 amide bonds. The number of benzene rings is 3. The van der Waals surface area contributed by atoms with Crippen molar-refractivity contribution >= 4 is 7.25 Å². The SMILES string of the molecule is FC(F)(F)c1ccc(-c2cc(-c3ccccc3)[o+]c(-c3ccccc3)c2)cc1.F[B-](F)(F)F. The van der Waals surface area contributed by atoms with Crippen LogP contribution in [0.5, 0.6) is 0 Å². The Bertz CT molecular complexity index is 1110. The van der Waals surface area contributed by atoms with Gasteiger partial charge in [0.05, 0.1) is 28.8 Å². The fourth-order valence-electron chi connectivity index (χ4n) is 3.01. The molecule has 3 aromatic carbocycles. The second-order valence-corrected chi connectivity index (χ2v) is 6.88. The van der Waals surface area contributed by atoms with Gasteiger partial charge in [-0.05, 0) is 42.0 Å². The van der Waals surface area contributed by atoms with Gasteiger partial charge in [0.2, 0.25) is 0 Å². The second-order valence-electron chi connectivity index (χ2n) is 6.88. The molecule has 9 heteroatoms. The molecule has 0 unspecified atom stereocenters. The summed E-state index contributed by atoms with van der Waals surface area (Å²) in [7, 11) is -6.00. The van der Waals surface area contributed by atoms with E-state index in [-0.39, 0.29) is 0 Å². The molecule has 1 aromatic heterocycles. The molecule has 0 fully saturated rings. The van der Waals surface area contributed by atoms with Crippen molar-refractivity contribution in [1.82, 2.24) is 0 Å². The molecule has 0 atom stereocenters. The minimum Gasteiger partial charge on any atom is -0.418 e. The lowest BCUT2D eigenvalue weighted by Crippen LogP contribution is -2.04. The lowest BCUT2D eigenvalue weighted by molar-refractivity contribution is -0.137. The Morgan fingerprint density at radius 1 is 0.515 bits per heavy atom. The van der Waals surface area contributed by atoms with Gasteiger partial charge in [0, 0.05) is 5.56 Å². The van der Waals surface area contributed by atoms with Crippen molar-refractivity contribution in [2.24, 2.45) is 0 Å². The van der Waals surface area contributed by atoms with E-state index in [9.17, 15) is 30.4 Å². The van der Waals surface area contributed by atoms with E-state index in [0.29, 0.717) is 17.1 Å². The monoisotopic (exact) mass is 464 g/mol. The predicted octanol–water partition coefficient (Wildman–Crippen LogP) is 8.88. The maximum atomic E-state index is 12.9. The van der Waals surface area contributed by atoms with Crippen LogP contribution in [0.1, 0.15) is 5.56 Å². The highest BCUT2D eigenvalue weighted by molar-refractivity contribution is 6.50. The first kappa shape index (κ1) is 24.0. The van der Waals surface area contributed by atoms with Crippen LogP contribution in [0.15, 0.2) is 101 Å². The summed E-state index contributed by atoms with van der Waals surface area (Å²) >= 11 is 0. The number of rotatable bonds is 3. The Morgan fingerprint density at radius 3 is 1.27 bits per heavy atom. The maximum absolute atomic E-state index is 12.9. The molecular formula is C24H16BF7O. The Hall–Kier alpha value is -3.62. The van der Waals surface area contributed by atoms with Gasteiger partial charge in [-0.15, -0.1) is 0 Å². The van der Waals surface area contributed by atoms with Gasteiger partial charge in [-0.25, -0.2) is 4.42 Å². The van der Waals surface area contributed by atoms with Gasteiger partial charge >= 0.3 is 25.0 Å². The van der Waals surface area contributed by atoms with Crippen molar-refractivity contribution in [3.8, 4) is 33.8 Å². The number of hydrogen-bond donors (Lipinski definition) is 0. The predicted molar refractivity (Wildman–Crippen MR) is 115 cm³/mol. The fraction of sp³-hybridized carbons (Fsp3) is 0.0417. The standard InChI is InChI=1S/C24H16F3O.BF4/c25-24(26,27)21-13-11-17(12-14-21)20-15-22(18-7-3-1-4-8-18)28-23(16-20)19-9-5-2-6-10-19;2-1(3,4)5/h1-16H;/q+1;-1. The highest BCUT2D eigenvalue weighted by Crippen LogP contribution is 2.35. The molecule has 0 radical (unpaired) electrons. The molecule has 0 aliphatic heterocycles. The molecule has 170 valence electrons. The van der Waals surface area contributed by atoms with E-state index in [4.69, 9.17) is 4.42 Å². The van der Waals surface area contributed by atoms with Gasteiger partial charge in [-0.3, -0.25) is 0 Å². The molecule has 0 spiro atoms. The van der Waals surface area contributed by atoms with Crippen molar-refractivity contribution < 1.29 is 34.9 Å². The molecular weight excluding hydrogens is 448 g/mol. The first-order valence-corrected chi connectivity index (χ1v) is 9.65. The Morgan fingerprint density at radius 2 is 0.909 bits per heavy atom. The third-order valence-electron chi connectivity index (χ3n) is 4.46. The van der Waals surface area contributed by atoms with Crippen molar-refractivity contribution in [2.45, 2.75) is 6.18 Å². The second kappa shape index (κ2) is 9.89. The molecule has 33 heavy (non-hydrogen) atoms. The Balaban J connectivity index is 0.000000555. The third kappa shape index (κ3) is 7.20. The average Bonchev–Trinajstić information content (AvgIpc) is 2.78. The summed E-state index contributed by atoms with van der Waals surface area (Å²) in [5, 5.41) is 0. The molecule has 0 saturated carbocycles. The van der Waals surface area contributed by atoms with Gasteiger partial charge in [-0.1, -0.05) is 48.5 Å². The third-order valence-corrected chi connectivity index (χ3v) is 4.46. The largest absolute Gasteiger partial charge is 0.673 e. The first-order chi connectivity index (χ1) is 15.5. The minimum absolute atomic E-state index is 0.650. The minimum atomic E-state index is -6.00. The zero-order chi connectivity index (χ0) is 24.1. The van der Waals surface area contributed by atoms with Crippen LogP contribution in [0.4, 0.5) is 30.4 Å². The molecule has 1 heterocycles. The van der Waals surface area contributed by atoms with E-state index in [1.54, 1.807) is 0 Å². The Kier molecular flexibility index (Phi) is 7.21. The Labute approximate surface area is 185 Å². The van der Waals surface area contributed by atoms with E-state index < -0.39 is 19.0 Å². The molecule has 4 aromatic rings. The highest BCUT2D eigenvalue weighted by atomic mass is 19.5. The van der Waals surface area contributed by atoms with E-state index in [1.807, 2.05) is 72.8 Å². The molecule has 0 bridgehead atoms. The van der Waals surface area contributed by atoms with Crippen molar-refractivity contribution in [2.75, 3.05) is 0 Å².